The van der Waals surface area contributed by atoms with Crippen LogP contribution < -0.4 is 4.74 Å². The lowest BCUT2D eigenvalue weighted by Crippen LogP contribution is -2.04. The first-order valence-corrected chi connectivity index (χ1v) is 3.45. The van der Waals surface area contributed by atoms with E-state index in [-0.39, 0.29) is 12.4 Å². The van der Waals surface area contributed by atoms with Crippen molar-refractivity contribution in [3.05, 3.63) is 18.1 Å². The maximum absolute atomic E-state index is 10.8. The number of hydrogen-bond acceptors (Lipinski definition) is 4. The zero-order chi connectivity index (χ0) is 8.97. The summed E-state index contributed by atoms with van der Waals surface area (Å²) >= 11 is 0. The standard InChI is InChI=1S/C8H10O4/c1-10-6-3-4-12-7(6)5-8(9)11-2/h3-4H,5H2,1-2H3. The maximum Gasteiger partial charge on any atom is 0.313 e. The van der Waals surface area contributed by atoms with E-state index in [1.165, 1.54) is 20.5 Å². The van der Waals surface area contributed by atoms with E-state index in [0.717, 1.165) is 0 Å². The van der Waals surface area contributed by atoms with Crippen LogP contribution in [0.5, 0.6) is 5.75 Å². The molecule has 0 atom stereocenters. The third-order valence-corrected chi connectivity index (χ3v) is 1.46. The van der Waals surface area contributed by atoms with Crippen LogP contribution in [0, 0.1) is 0 Å². The number of rotatable bonds is 3. The lowest BCUT2D eigenvalue weighted by Gasteiger charge is -1.98. The van der Waals surface area contributed by atoms with Crippen LogP contribution in [0.15, 0.2) is 16.7 Å². The number of carbonyl (C=O) groups is 1. The molecule has 0 N–H and O–H groups in total. The molecule has 4 heteroatoms. The smallest absolute Gasteiger partial charge is 0.313 e. The van der Waals surface area contributed by atoms with Gasteiger partial charge in [-0.25, -0.2) is 0 Å². The number of hydrogen-bond donors (Lipinski definition) is 0. The van der Waals surface area contributed by atoms with Crippen LogP contribution in [-0.2, 0) is 16.0 Å². The molecule has 1 heterocycles. The Hall–Kier alpha value is -1.45. The van der Waals surface area contributed by atoms with Gasteiger partial charge in [-0.15, -0.1) is 0 Å². The van der Waals surface area contributed by atoms with Crippen molar-refractivity contribution in [3.63, 3.8) is 0 Å². The minimum Gasteiger partial charge on any atom is -0.493 e. The molecule has 4 nitrogen and oxygen atoms in total. The Labute approximate surface area is 70.1 Å². The van der Waals surface area contributed by atoms with E-state index in [4.69, 9.17) is 9.15 Å². The van der Waals surface area contributed by atoms with Crippen LogP contribution in [0.1, 0.15) is 5.76 Å². The second-order valence-corrected chi connectivity index (χ2v) is 2.17. The van der Waals surface area contributed by atoms with E-state index in [2.05, 4.69) is 4.74 Å². The Morgan fingerprint density at radius 1 is 1.58 bits per heavy atom. The Morgan fingerprint density at radius 2 is 2.33 bits per heavy atom. The summed E-state index contributed by atoms with van der Waals surface area (Å²) < 4.78 is 14.4. The highest BCUT2D eigenvalue weighted by Gasteiger charge is 2.11. The first-order valence-electron chi connectivity index (χ1n) is 3.45. The van der Waals surface area contributed by atoms with Crippen LogP contribution >= 0.6 is 0 Å². The fourth-order valence-electron chi connectivity index (χ4n) is 0.843. The average molecular weight is 170 g/mol. The van der Waals surface area contributed by atoms with Gasteiger partial charge in [0.25, 0.3) is 0 Å². The van der Waals surface area contributed by atoms with Gasteiger partial charge in [-0.3, -0.25) is 4.79 Å². The zero-order valence-corrected chi connectivity index (χ0v) is 6.99. The Kier molecular flexibility index (Phi) is 2.74. The minimum absolute atomic E-state index is 0.104. The van der Waals surface area contributed by atoms with Gasteiger partial charge in [-0.1, -0.05) is 0 Å². The predicted octanol–water partition coefficient (Wildman–Crippen LogP) is 1.00. The van der Waals surface area contributed by atoms with Gasteiger partial charge in [0.05, 0.1) is 20.5 Å². The van der Waals surface area contributed by atoms with Crippen molar-refractivity contribution in [3.8, 4) is 5.75 Å². The average Bonchev–Trinajstić information content (AvgIpc) is 2.51. The van der Waals surface area contributed by atoms with Crippen molar-refractivity contribution in [2.75, 3.05) is 14.2 Å². The highest BCUT2D eigenvalue weighted by molar-refractivity contribution is 5.72. The van der Waals surface area contributed by atoms with Gasteiger partial charge >= 0.3 is 5.97 Å². The maximum atomic E-state index is 10.8. The summed E-state index contributed by atoms with van der Waals surface area (Å²) in [5.41, 5.74) is 0. The number of methoxy groups -OCH3 is 2. The summed E-state index contributed by atoms with van der Waals surface area (Å²) in [6, 6.07) is 1.65. The van der Waals surface area contributed by atoms with Gasteiger partial charge in [-0.2, -0.15) is 0 Å². The van der Waals surface area contributed by atoms with Gasteiger partial charge in [-0.05, 0) is 0 Å². The van der Waals surface area contributed by atoms with Crippen LogP contribution in [0.25, 0.3) is 0 Å². The number of carbonyl (C=O) groups excluding carboxylic acids is 1. The molecule has 0 amide bonds. The summed E-state index contributed by atoms with van der Waals surface area (Å²) in [7, 11) is 2.85. The van der Waals surface area contributed by atoms with Crippen LogP contribution in [-0.4, -0.2) is 20.2 Å². The summed E-state index contributed by atoms with van der Waals surface area (Å²) in [5, 5.41) is 0. The Morgan fingerprint density at radius 3 is 2.92 bits per heavy atom. The highest BCUT2D eigenvalue weighted by atomic mass is 16.5. The second-order valence-electron chi connectivity index (χ2n) is 2.17. The molecule has 0 radical (unpaired) electrons. The largest absolute Gasteiger partial charge is 0.493 e. The molecule has 0 aliphatic carbocycles. The first kappa shape index (κ1) is 8.64. The van der Waals surface area contributed by atoms with Crippen molar-refractivity contribution >= 4 is 5.97 Å². The van der Waals surface area contributed by atoms with Gasteiger partial charge < -0.3 is 13.9 Å². The van der Waals surface area contributed by atoms with Gasteiger partial charge in [0.2, 0.25) is 0 Å². The molecular weight excluding hydrogens is 160 g/mol. The van der Waals surface area contributed by atoms with Crippen molar-refractivity contribution in [1.29, 1.82) is 0 Å². The van der Waals surface area contributed by atoms with Gasteiger partial charge in [0.1, 0.15) is 6.42 Å². The zero-order valence-electron chi connectivity index (χ0n) is 6.99. The molecule has 0 fully saturated rings. The summed E-state index contributed by atoms with van der Waals surface area (Å²) in [6.07, 6.45) is 1.57. The van der Waals surface area contributed by atoms with E-state index in [0.29, 0.717) is 11.5 Å². The molecule has 0 aliphatic heterocycles. The predicted molar refractivity (Wildman–Crippen MR) is 41.0 cm³/mol. The summed E-state index contributed by atoms with van der Waals surface area (Å²) in [4.78, 5) is 10.8. The number of ether oxygens (including phenoxy) is 2. The number of esters is 1. The van der Waals surface area contributed by atoms with Crippen molar-refractivity contribution < 1.29 is 18.7 Å². The van der Waals surface area contributed by atoms with Crippen LogP contribution in [0.3, 0.4) is 0 Å². The highest BCUT2D eigenvalue weighted by Crippen LogP contribution is 2.19. The quantitative estimate of drug-likeness (QED) is 0.635. The van der Waals surface area contributed by atoms with E-state index >= 15 is 0 Å². The Bertz CT molecular complexity index is 264. The third-order valence-electron chi connectivity index (χ3n) is 1.46. The van der Waals surface area contributed by atoms with Crippen molar-refractivity contribution in [2.45, 2.75) is 6.42 Å². The normalized spacial score (nSPS) is 9.50. The van der Waals surface area contributed by atoms with Gasteiger partial charge in [0.15, 0.2) is 11.5 Å². The number of furan rings is 1. The minimum atomic E-state index is -0.344. The first-order chi connectivity index (χ1) is 5.77. The lowest BCUT2D eigenvalue weighted by atomic mass is 10.3. The van der Waals surface area contributed by atoms with Gasteiger partial charge in [0, 0.05) is 6.07 Å². The molecule has 0 unspecified atom stereocenters. The molecule has 1 aromatic rings. The summed E-state index contributed by atoms with van der Waals surface area (Å²) in [6.45, 7) is 0. The summed E-state index contributed by atoms with van der Waals surface area (Å²) in [5.74, 6) is 0.716. The van der Waals surface area contributed by atoms with Crippen molar-refractivity contribution in [2.24, 2.45) is 0 Å². The molecular formula is C8H10O4. The molecule has 66 valence electrons. The van der Waals surface area contributed by atoms with Crippen molar-refractivity contribution in [1.82, 2.24) is 0 Å². The monoisotopic (exact) mass is 170 g/mol. The second kappa shape index (κ2) is 3.80. The molecule has 0 aliphatic rings. The van der Waals surface area contributed by atoms with Crippen LogP contribution in [0.4, 0.5) is 0 Å². The molecule has 0 spiro atoms. The molecule has 0 bridgehead atoms. The molecule has 0 saturated carbocycles. The molecule has 1 rings (SSSR count). The van der Waals surface area contributed by atoms with E-state index in [9.17, 15) is 4.79 Å². The lowest BCUT2D eigenvalue weighted by molar-refractivity contribution is -0.140. The van der Waals surface area contributed by atoms with E-state index < -0.39 is 0 Å². The molecule has 1 aromatic heterocycles. The van der Waals surface area contributed by atoms with Crippen LogP contribution in [0.2, 0.25) is 0 Å². The fraction of sp³-hybridized carbons (Fsp3) is 0.375. The fourth-order valence-corrected chi connectivity index (χ4v) is 0.843. The Balaban J connectivity index is 2.68. The van der Waals surface area contributed by atoms with E-state index in [1.54, 1.807) is 6.07 Å². The van der Waals surface area contributed by atoms with E-state index in [1.807, 2.05) is 0 Å². The SMILES string of the molecule is COC(=O)Cc1occc1OC. The topological polar surface area (TPSA) is 48.7 Å². The molecule has 0 aromatic carbocycles. The molecule has 12 heavy (non-hydrogen) atoms. The third kappa shape index (κ3) is 1.78. The molecule has 0 saturated heterocycles.